The van der Waals surface area contributed by atoms with Crippen molar-refractivity contribution in [2.75, 3.05) is 11.9 Å². The van der Waals surface area contributed by atoms with Gasteiger partial charge in [0.05, 0.1) is 17.2 Å². The molecule has 0 radical (unpaired) electrons. The molecule has 2 rings (SSSR count). The summed E-state index contributed by atoms with van der Waals surface area (Å²) in [6.45, 7) is 4.52. The van der Waals surface area contributed by atoms with E-state index < -0.39 is 11.7 Å². The number of ether oxygens (including phenoxy) is 1. The maximum Gasteiger partial charge on any atom is 0.261 e. The Kier molecular flexibility index (Phi) is 7.37. The minimum absolute atomic E-state index is 0.0412. The largest absolute Gasteiger partial charge is 0.492 e. The van der Waals surface area contributed by atoms with Gasteiger partial charge in [-0.2, -0.15) is 0 Å². The van der Waals surface area contributed by atoms with Crippen LogP contribution in [0.5, 0.6) is 5.75 Å². The van der Waals surface area contributed by atoms with Crippen LogP contribution in [0.2, 0.25) is 5.02 Å². The molecule has 0 aliphatic rings. The monoisotopic (exact) mass is 458 g/mol. The van der Waals surface area contributed by atoms with Gasteiger partial charge in [0, 0.05) is 10.2 Å². The van der Waals surface area contributed by atoms with Crippen LogP contribution in [0.25, 0.3) is 0 Å². The molecule has 26 heavy (non-hydrogen) atoms. The molecule has 138 valence electrons. The molecule has 0 aromatic heterocycles. The summed E-state index contributed by atoms with van der Waals surface area (Å²) in [5, 5.41) is 5.39. The van der Waals surface area contributed by atoms with E-state index in [2.05, 4.69) is 26.6 Å². The van der Waals surface area contributed by atoms with Crippen LogP contribution >= 0.6 is 39.7 Å². The molecule has 0 aliphatic carbocycles. The van der Waals surface area contributed by atoms with Crippen LogP contribution in [0, 0.1) is 11.7 Å². The summed E-state index contributed by atoms with van der Waals surface area (Å²) in [4.78, 5) is 12.6. The first-order valence-corrected chi connectivity index (χ1v) is 9.34. The quantitative estimate of drug-likeness (QED) is 0.588. The van der Waals surface area contributed by atoms with E-state index in [1.165, 1.54) is 18.2 Å². The Hall–Kier alpha value is -1.70. The second kappa shape index (κ2) is 9.30. The van der Waals surface area contributed by atoms with Crippen LogP contribution in [-0.2, 0) is 0 Å². The third-order valence-corrected chi connectivity index (χ3v) is 4.15. The van der Waals surface area contributed by atoms with E-state index in [1.54, 1.807) is 18.2 Å². The number of hydrogen-bond acceptors (Lipinski definition) is 3. The molecule has 0 bridgehead atoms. The minimum Gasteiger partial charge on any atom is -0.492 e. The number of benzene rings is 2. The van der Waals surface area contributed by atoms with Gasteiger partial charge in [-0.3, -0.25) is 10.1 Å². The molecule has 0 atom stereocenters. The maximum absolute atomic E-state index is 13.2. The third kappa shape index (κ3) is 5.93. The zero-order valence-corrected chi connectivity index (χ0v) is 17.3. The smallest absolute Gasteiger partial charge is 0.261 e. The van der Waals surface area contributed by atoms with Gasteiger partial charge < -0.3 is 10.1 Å². The van der Waals surface area contributed by atoms with Gasteiger partial charge in [-0.25, -0.2) is 4.39 Å². The predicted octanol–water partition coefficient (Wildman–Crippen LogP) is 5.40. The molecule has 0 aliphatic heterocycles. The number of hydrogen-bond donors (Lipinski definition) is 2. The molecule has 2 aromatic carbocycles. The van der Waals surface area contributed by atoms with Crippen molar-refractivity contribution < 1.29 is 13.9 Å². The molecular weight excluding hydrogens is 443 g/mol. The molecule has 2 aromatic rings. The molecule has 2 N–H and O–H groups in total. The van der Waals surface area contributed by atoms with E-state index in [9.17, 15) is 9.18 Å². The molecule has 1 amide bonds. The maximum atomic E-state index is 13.2. The van der Waals surface area contributed by atoms with Gasteiger partial charge >= 0.3 is 0 Å². The van der Waals surface area contributed by atoms with Gasteiger partial charge in [0.15, 0.2) is 5.11 Å². The lowest BCUT2D eigenvalue weighted by molar-refractivity contribution is 0.0973. The first-order valence-electron chi connectivity index (χ1n) is 7.76. The number of rotatable bonds is 5. The van der Waals surface area contributed by atoms with Gasteiger partial charge in [-0.05, 0) is 54.5 Å². The van der Waals surface area contributed by atoms with Crippen molar-refractivity contribution in [2.24, 2.45) is 5.92 Å². The Labute approximate surface area is 170 Å². The Morgan fingerprint density at radius 2 is 2.04 bits per heavy atom. The molecule has 8 heteroatoms. The Bertz CT molecular complexity index is 833. The molecule has 0 heterocycles. The van der Waals surface area contributed by atoms with Crippen molar-refractivity contribution in [2.45, 2.75) is 13.8 Å². The van der Waals surface area contributed by atoms with Gasteiger partial charge in [0.2, 0.25) is 0 Å². The van der Waals surface area contributed by atoms with Gasteiger partial charge in [-0.1, -0.05) is 41.4 Å². The van der Waals surface area contributed by atoms with E-state index in [-0.39, 0.29) is 10.1 Å². The van der Waals surface area contributed by atoms with E-state index in [1.807, 2.05) is 13.8 Å². The van der Waals surface area contributed by atoms with E-state index in [0.717, 1.165) is 4.47 Å². The average Bonchev–Trinajstić information content (AvgIpc) is 2.56. The Morgan fingerprint density at radius 3 is 2.69 bits per heavy atom. The van der Waals surface area contributed by atoms with E-state index >= 15 is 0 Å². The summed E-state index contributed by atoms with van der Waals surface area (Å²) in [5.74, 6) is -0.170. The highest BCUT2D eigenvalue weighted by Crippen LogP contribution is 2.24. The zero-order chi connectivity index (χ0) is 19.3. The number of nitrogens with one attached hydrogen (secondary N) is 2. The lowest BCUT2D eigenvalue weighted by Gasteiger charge is -2.14. The number of carbonyl (C=O) groups is 1. The highest BCUT2D eigenvalue weighted by molar-refractivity contribution is 9.10. The van der Waals surface area contributed by atoms with Crippen LogP contribution in [0.1, 0.15) is 24.2 Å². The van der Waals surface area contributed by atoms with Crippen molar-refractivity contribution in [3.63, 3.8) is 0 Å². The van der Waals surface area contributed by atoms with Crippen LogP contribution < -0.4 is 15.4 Å². The summed E-state index contributed by atoms with van der Waals surface area (Å²) >= 11 is 14.2. The van der Waals surface area contributed by atoms with Crippen LogP contribution in [-0.4, -0.2) is 17.6 Å². The summed E-state index contributed by atoms with van der Waals surface area (Å²) < 4.78 is 19.6. The van der Waals surface area contributed by atoms with Crippen molar-refractivity contribution in [3.05, 3.63) is 57.3 Å². The van der Waals surface area contributed by atoms with Gasteiger partial charge in [0.1, 0.15) is 11.6 Å². The average molecular weight is 460 g/mol. The summed E-state index contributed by atoms with van der Waals surface area (Å²) in [5.41, 5.74) is 0.813. The zero-order valence-electron chi connectivity index (χ0n) is 14.1. The van der Waals surface area contributed by atoms with Crippen LogP contribution in [0.4, 0.5) is 10.1 Å². The molecule has 0 saturated heterocycles. The third-order valence-electron chi connectivity index (χ3n) is 3.16. The lowest BCUT2D eigenvalue weighted by atomic mass is 10.2. The number of amides is 1. The van der Waals surface area contributed by atoms with E-state index in [0.29, 0.717) is 29.5 Å². The molecule has 0 saturated carbocycles. The molecule has 4 nitrogen and oxygen atoms in total. The van der Waals surface area contributed by atoms with Crippen LogP contribution in [0.3, 0.4) is 0 Å². The Balaban J connectivity index is 2.09. The molecule has 0 fully saturated rings. The predicted molar refractivity (Wildman–Crippen MR) is 110 cm³/mol. The molecule has 0 spiro atoms. The fourth-order valence-corrected chi connectivity index (χ4v) is 2.72. The summed E-state index contributed by atoms with van der Waals surface area (Å²) in [7, 11) is 0. The van der Waals surface area contributed by atoms with Crippen molar-refractivity contribution >= 4 is 56.5 Å². The standard InChI is InChI=1S/C18H17BrClFN2O2S/c1-10(2)9-25-16-6-3-11(19)7-13(16)17(24)23-18(26)22-12-4-5-15(21)14(20)8-12/h3-8,10H,9H2,1-2H3,(H2,22,23,24,26). The van der Waals surface area contributed by atoms with Crippen molar-refractivity contribution in [1.29, 1.82) is 0 Å². The minimum atomic E-state index is -0.534. The summed E-state index contributed by atoms with van der Waals surface area (Å²) in [6, 6.07) is 9.23. The van der Waals surface area contributed by atoms with Crippen molar-refractivity contribution in [3.8, 4) is 5.75 Å². The SMILES string of the molecule is CC(C)COc1ccc(Br)cc1C(=O)NC(=S)Nc1ccc(F)c(Cl)c1. The van der Waals surface area contributed by atoms with Crippen LogP contribution in [0.15, 0.2) is 40.9 Å². The number of thiocarbonyl (C=S) groups is 1. The van der Waals surface area contributed by atoms with E-state index in [4.69, 9.17) is 28.6 Å². The topological polar surface area (TPSA) is 50.4 Å². The molecular formula is C18H17BrClFN2O2S. The normalized spacial score (nSPS) is 10.5. The van der Waals surface area contributed by atoms with Gasteiger partial charge in [-0.15, -0.1) is 0 Å². The summed E-state index contributed by atoms with van der Waals surface area (Å²) in [6.07, 6.45) is 0. The number of anilines is 1. The second-order valence-corrected chi connectivity index (χ2v) is 7.61. The first-order chi connectivity index (χ1) is 12.3. The van der Waals surface area contributed by atoms with Crippen molar-refractivity contribution in [1.82, 2.24) is 5.32 Å². The first kappa shape index (κ1) is 20.6. The molecule has 0 unspecified atom stereocenters. The second-order valence-electron chi connectivity index (χ2n) is 5.88. The fraction of sp³-hybridized carbons (Fsp3) is 0.222. The lowest BCUT2D eigenvalue weighted by Crippen LogP contribution is -2.34. The highest BCUT2D eigenvalue weighted by atomic mass is 79.9. The highest BCUT2D eigenvalue weighted by Gasteiger charge is 2.15. The fourth-order valence-electron chi connectivity index (χ4n) is 1.97. The van der Waals surface area contributed by atoms with Gasteiger partial charge in [0.25, 0.3) is 5.91 Å². The number of halogens is 3. The number of carbonyl (C=O) groups excluding carboxylic acids is 1. The Morgan fingerprint density at radius 1 is 1.31 bits per heavy atom.